The Balaban J connectivity index is 1.83. The third-order valence-corrected chi connectivity index (χ3v) is 7.01. The van der Waals surface area contributed by atoms with Gasteiger partial charge in [0.15, 0.2) is 0 Å². The number of furan rings is 1. The molecule has 0 bridgehead atoms. The molecule has 3 aromatic rings. The summed E-state index contributed by atoms with van der Waals surface area (Å²) in [5.74, 6) is -0.991. The van der Waals surface area contributed by atoms with Crippen LogP contribution in [0.15, 0.2) is 50.9 Å². The van der Waals surface area contributed by atoms with Crippen molar-refractivity contribution in [3.8, 4) is 16.9 Å². The highest BCUT2D eigenvalue weighted by Gasteiger charge is 2.34. The van der Waals surface area contributed by atoms with Gasteiger partial charge in [0.2, 0.25) is 10.0 Å². The third kappa shape index (κ3) is 4.88. The van der Waals surface area contributed by atoms with Crippen molar-refractivity contribution >= 4 is 61.3 Å². The Kier molecular flexibility index (Phi) is 5.94. The molecule has 8 nitrogen and oxygen atoms in total. The number of aromatic nitrogens is 1. The van der Waals surface area contributed by atoms with Crippen LogP contribution in [0.1, 0.15) is 5.76 Å². The fourth-order valence-corrected chi connectivity index (χ4v) is 4.88. The smallest absolute Gasteiger partial charge is 0.456 e. The van der Waals surface area contributed by atoms with Crippen LogP contribution in [-0.4, -0.2) is 37.0 Å². The van der Waals surface area contributed by atoms with Gasteiger partial charge in [0.1, 0.15) is 26.3 Å². The number of carbonyl (C=O) groups excluding carboxylic acids is 1. The van der Waals surface area contributed by atoms with Gasteiger partial charge in [-0.3, -0.25) is 9.78 Å². The normalized spacial score (nSPS) is 15.9. The summed E-state index contributed by atoms with van der Waals surface area (Å²) < 4.78 is 75.2. The van der Waals surface area contributed by atoms with Gasteiger partial charge < -0.3 is 14.5 Å². The molecular weight excluding hydrogens is 503 g/mol. The van der Waals surface area contributed by atoms with Gasteiger partial charge in [-0.15, -0.1) is 13.2 Å². The van der Waals surface area contributed by atoms with E-state index >= 15 is 0 Å². The lowest BCUT2D eigenvalue weighted by Gasteiger charge is -2.14. The van der Waals surface area contributed by atoms with E-state index in [2.05, 4.69) is 15.0 Å². The summed E-state index contributed by atoms with van der Waals surface area (Å²) in [7, 11) is -3.17. The SMILES string of the molecule is CNS(=O)(=O)c1ccc(-c2cncc3cc(/C=C4\SC(=S)NC4=O)oc23)cc1OC(F)(F)F. The van der Waals surface area contributed by atoms with Crippen LogP contribution in [0.25, 0.3) is 28.2 Å². The molecule has 1 aliphatic rings. The minimum atomic E-state index is -5.12. The molecular formula is C19H12F3N3O5S3. The van der Waals surface area contributed by atoms with Crippen LogP contribution in [0.2, 0.25) is 0 Å². The van der Waals surface area contributed by atoms with Crippen molar-refractivity contribution in [1.82, 2.24) is 15.0 Å². The first-order valence-corrected chi connectivity index (χ1v) is 11.6. The number of hydrogen-bond donors (Lipinski definition) is 2. The van der Waals surface area contributed by atoms with E-state index in [1.54, 1.807) is 6.07 Å². The Labute approximate surface area is 194 Å². The number of rotatable bonds is 5. The largest absolute Gasteiger partial charge is 0.573 e. The van der Waals surface area contributed by atoms with E-state index in [-0.39, 0.29) is 22.6 Å². The number of halogens is 3. The molecule has 1 fully saturated rings. The molecule has 0 spiro atoms. The van der Waals surface area contributed by atoms with Crippen molar-refractivity contribution in [2.45, 2.75) is 11.3 Å². The second-order valence-electron chi connectivity index (χ2n) is 6.52. The predicted octanol–water partition coefficient (Wildman–Crippen LogP) is 3.79. The first kappa shape index (κ1) is 23.2. The molecule has 1 aliphatic heterocycles. The number of hydrogen-bond acceptors (Lipinski definition) is 8. The number of nitrogens with zero attached hydrogens (tertiary/aromatic N) is 1. The molecule has 3 heterocycles. The van der Waals surface area contributed by atoms with Gasteiger partial charge in [-0.25, -0.2) is 13.1 Å². The summed E-state index contributed by atoms with van der Waals surface area (Å²) in [5, 5.41) is 2.99. The highest BCUT2D eigenvalue weighted by molar-refractivity contribution is 8.26. The Morgan fingerprint density at radius 2 is 2.03 bits per heavy atom. The summed E-state index contributed by atoms with van der Waals surface area (Å²) in [6, 6.07) is 4.84. The third-order valence-electron chi connectivity index (χ3n) is 4.40. The van der Waals surface area contributed by atoms with Gasteiger partial charge in [-0.05, 0) is 30.8 Å². The van der Waals surface area contributed by atoms with Gasteiger partial charge in [0.05, 0.1) is 4.91 Å². The summed E-state index contributed by atoms with van der Waals surface area (Å²) in [5.41, 5.74) is 0.728. The average molecular weight is 516 g/mol. The van der Waals surface area contributed by atoms with Crippen LogP contribution >= 0.6 is 24.0 Å². The highest BCUT2D eigenvalue weighted by atomic mass is 32.2. The molecule has 2 aromatic heterocycles. The number of alkyl halides is 3. The lowest BCUT2D eigenvalue weighted by Crippen LogP contribution is -2.23. The minimum Gasteiger partial charge on any atom is -0.456 e. The second-order valence-corrected chi connectivity index (χ2v) is 10.1. The van der Waals surface area contributed by atoms with Gasteiger partial charge in [-0.2, -0.15) is 0 Å². The number of amides is 1. The van der Waals surface area contributed by atoms with E-state index in [1.807, 2.05) is 4.72 Å². The van der Waals surface area contributed by atoms with Crippen LogP contribution in [0.3, 0.4) is 0 Å². The van der Waals surface area contributed by atoms with Gasteiger partial charge in [-0.1, -0.05) is 30.0 Å². The molecule has 2 N–H and O–H groups in total. The molecule has 1 amide bonds. The van der Waals surface area contributed by atoms with Crippen molar-refractivity contribution in [3.63, 3.8) is 0 Å². The zero-order chi connectivity index (χ0) is 24.0. The summed E-state index contributed by atoms with van der Waals surface area (Å²) in [4.78, 5) is 15.6. The zero-order valence-electron chi connectivity index (χ0n) is 16.4. The van der Waals surface area contributed by atoms with E-state index < -0.39 is 27.0 Å². The minimum absolute atomic E-state index is 0.171. The Bertz CT molecular complexity index is 1430. The molecule has 0 radical (unpaired) electrons. The number of thioether (sulfide) groups is 1. The van der Waals surface area contributed by atoms with E-state index in [0.29, 0.717) is 20.4 Å². The summed E-state index contributed by atoms with van der Waals surface area (Å²) in [6.45, 7) is 0. The van der Waals surface area contributed by atoms with Crippen molar-refractivity contribution < 1.29 is 35.5 Å². The van der Waals surface area contributed by atoms with Gasteiger partial charge in [0, 0.05) is 29.4 Å². The molecule has 4 rings (SSSR count). The fraction of sp³-hybridized carbons (Fsp3) is 0.105. The number of pyridine rings is 1. The van der Waals surface area contributed by atoms with Gasteiger partial charge in [0.25, 0.3) is 5.91 Å². The van der Waals surface area contributed by atoms with Crippen LogP contribution < -0.4 is 14.8 Å². The number of ether oxygens (including phenoxy) is 1. The zero-order valence-corrected chi connectivity index (χ0v) is 18.8. The molecule has 1 saturated heterocycles. The number of sulfonamides is 1. The van der Waals surface area contributed by atoms with E-state index in [4.69, 9.17) is 16.6 Å². The maximum absolute atomic E-state index is 12.9. The quantitative estimate of drug-likeness (QED) is 0.390. The van der Waals surface area contributed by atoms with Crippen LogP contribution in [0, 0.1) is 0 Å². The summed E-state index contributed by atoms with van der Waals surface area (Å²) in [6.07, 6.45) is -0.813. The van der Waals surface area contributed by atoms with Crippen molar-refractivity contribution in [3.05, 3.63) is 47.3 Å². The maximum atomic E-state index is 12.9. The predicted molar refractivity (Wildman–Crippen MR) is 119 cm³/mol. The highest BCUT2D eigenvalue weighted by Crippen LogP contribution is 2.37. The Hall–Kier alpha value is -2.94. The fourth-order valence-electron chi connectivity index (χ4n) is 3.02. The van der Waals surface area contributed by atoms with Crippen molar-refractivity contribution in [2.24, 2.45) is 0 Å². The number of thiocarbonyl (C=S) groups is 1. The van der Waals surface area contributed by atoms with E-state index in [1.165, 1.54) is 24.5 Å². The Morgan fingerprint density at radius 3 is 2.67 bits per heavy atom. The summed E-state index contributed by atoms with van der Waals surface area (Å²) >= 11 is 6.01. The first-order chi connectivity index (χ1) is 15.5. The number of benzene rings is 1. The second kappa shape index (κ2) is 8.44. The molecule has 33 heavy (non-hydrogen) atoms. The first-order valence-electron chi connectivity index (χ1n) is 8.93. The maximum Gasteiger partial charge on any atom is 0.573 e. The van der Waals surface area contributed by atoms with Crippen LogP contribution in [0.5, 0.6) is 5.75 Å². The van der Waals surface area contributed by atoms with E-state index in [0.717, 1.165) is 30.9 Å². The number of carbonyl (C=O) groups is 1. The standard InChI is InChI=1S/C19H12F3N3O5S3/c1-23-33(27,28)15-3-2-9(5-13(15)30-19(20,21)22)12-8-24-7-10-4-11(29-16(10)12)6-14-17(26)25-18(31)32-14/h2-8,23H,1H3,(H,25,26,31)/b14-6-. The van der Waals surface area contributed by atoms with E-state index in [9.17, 15) is 26.4 Å². The topological polar surface area (TPSA) is 111 Å². The Morgan fingerprint density at radius 1 is 1.27 bits per heavy atom. The molecule has 0 atom stereocenters. The lowest BCUT2D eigenvalue weighted by atomic mass is 10.1. The number of nitrogens with one attached hydrogen (secondary N) is 2. The van der Waals surface area contributed by atoms with Crippen LogP contribution in [0.4, 0.5) is 13.2 Å². The van der Waals surface area contributed by atoms with Crippen LogP contribution in [-0.2, 0) is 14.8 Å². The molecule has 1 aromatic carbocycles. The molecule has 0 aliphatic carbocycles. The van der Waals surface area contributed by atoms with Crippen molar-refractivity contribution in [1.29, 1.82) is 0 Å². The monoisotopic (exact) mass is 515 g/mol. The molecule has 0 unspecified atom stereocenters. The lowest BCUT2D eigenvalue weighted by molar-refractivity contribution is -0.275. The number of fused-ring (bicyclic) bond motifs is 1. The average Bonchev–Trinajstić information content (AvgIpc) is 3.28. The molecule has 0 saturated carbocycles. The molecule has 14 heteroatoms. The van der Waals surface area contributed by atoms with Crippen molar-refractivity contribution in [2.75, 3.05) is 7.05 Å². The molecule has 172 valence electrons. The van der Waals surface area contributed by atoms with Gasteiger partial charge >= 0.3 is 6.36 Å².